The highest BCUT2D eigenvalue weighted by atomic mass is 16.5. The lowest BCUT2D eigenvalue weighted by Gasteiger charge is -2.40. The zero-order valence-electron chi connectivity index (χ0n) is 19.0. The minimum Gasteiger partial charge on any atom is -0.381 e. The molecule has 3 aromatic rings. The summed E-state index contributed by atoms with van der Waals surface area (Å²) in [5.74, 6) is 1.27. The van der Waals surface area contributed by atoms with Gasteiger partial charge in [0.25, 0.3) is 5.91 Å². The van der Waals surface area contributed by atoms with E-state index in [9.17, 15) is 4.79 Å². The minimum absolute atomic E-state index is 0.165. The molecule has 2 aliphatic rings. The Balaban J connectivity index is 1.31. The van der Waals surface area contributed by atoms with Crippen molar-refractivity contribution in [2.24, 2.45) is 0 Å². The Morgan fingerprint density at radius 2 is 1.76 bits per heavy atom. The van der Waals surface area contributed by atoms with Crippen LogP contribution in [0.4, 0.5) is 0 Å². The standard InChI is InChI=1S/C26H31N5O2/c1-19(20-8-4-2-5-9-20)29-26(14-16-33-17-15-26)18-27-25(32)23-28-24(21-12-13-21)31(30-23)22-10-6-3-7-11-22/h2-11,19,21,29H,12-18H2,1H3,(H,27,32). The van der Waals surface area contributed by atoms with Crippen molar-refractivity contribution in [3.05, 3.63) is 77.9 Å². The van der Waals surface area contributed by atoms with Crippen molar-refractivity contribution in [2.75, 3.05) is 19.8 Å². The van der Waals surface area contributed by atoms with Crippen molar-refractivity contribution in [3.63, 3.8) is 0 Å². The molecule has 7 heteroatoms. The van der Waals surface area contributed by atoms with Gasteiger partial charge in [0.15, 0.2) is 0 Å². The van der Waals surface area contributed by atoms with Crippen molar-refractivity contribution >= 4 is 5.91 Å². The Morgan fingerprint density at radius 3 is 2.42 bits per heavy atom. The smallest absolute Gasteiger partial charge is 0.291 e. The normalized spacial score (nSPS) is 18.6. The average molecular weight is 446 g/mol. The molecule has 7 nitrogen and oxygen atoms in total. The van der Waals surface area contributed by atoms with E-state index in [0.29, 0.717) is 25.7 Å². The highest BCUT2D eigenvalue weighted by molar-refractivity contribution is 5.90. The van der Waals surface area contributed by atoms with E-state index in [2.05, 4.69) is 51.9 Å². The Kier molecular flexibility index (Phi) is 6.24. The van der Waals surface area contributed by atoms with Gasteiger partial charge in [-0.15, -0.1) is 5.10 Å². The van der Waals surface area contributed by atoms with E-state index < -0.39 is 0 Å². The molecule has 1 atom stereocenters. The number of carbonyl (C=O) groups excluding carboxylic acids is 1. The van der Waals surface area contributed by atoms with Crippen molar-refractivity contribution < 1.29 is 9.53 Å². The molecule has 2 aromatic carbocycles. The second kappa shape index (κ2) is 9.45. The van der Waals surface area contributed by atoms with Crippen LogP contribution in [0.2, 0.25) is 0 Å². The molecule has 0 bridgehead atoms. The monoisotopic (exact) mass is 445 g/mol. The highest BCUT2D eigenvalue weighted by Gasteiger charge is 2.36. The van der Waals surface area contributed by atoms with E-state index >= 15 is 0 Å². The lowest BCUT2D eigenvalue weighted by atomic mass is 9.88. The number of ether oxygens (including phenoxy) is 1. The van der Waals surface area contributed by atoms with E-state index in [1.165, 1.54) is 5.56 Å². The first-order chi connectivity index (χ1) is 16.1. The third-order valence-corrected chi connectivity index (χ3v) is 6.64. The largest absolute Gasteiger partial charge is 0.381 e. The van der Waals surface area contributed by atoms with Crippen LogP contribution in [0, 0.1) is 0 Å². The number of rotatable bonds is 8. The van der Waals surface area contributed by atoms with Gasteiger partial charge < -0.3 is 15.4 Å². The number of para-hydroxylation sites is 1. The third kappa shape index (κ3) is 4.99. The maximum absolute atomic E-state index is 13.1. The second-order valence-electron chi connectivity index (χ2n) is 9.17. The Bertz CT molecular complexity index is 1070. The van der Waals surface area contributed by atoms with Gasteiger partial charge in [-0.25, -0.2) is 9.67 Å². The van der Waals surface area contributed by atoms with Gasteiger partial charge in [-0.2, -0.15) is 0 Å². The van der Waals surface area contributed by atoms with Crippen LogP contribution < -0.4 is 10.6 Å². The Labute approximate surface area is 194 Å². The third-order valence-electron chi connectivity index (χ3n) is 6.64. The summed E-state index contributed by atoms with van der Waals surface area (Å²) in [4.78, 5) is 17.8. The number of hydrogen-bond donors (Lipinski definition) is 2. The molecule has 1 aromatic heterocycles. The van der Waals surface area contributed by atoms with Crippen molar-refractivity contribution in [3.8, 4) is 5.69 Å². The zero-order chi connectivity index (χ0) is 22.7. The molecule has 1 aliphatic carbocycles. The van der Waals surface area contributed by atoms with Gasteiger partial charge in [0, 0.05) is 37.3 Å². The molecule has 1 saturated carbocycles. The van der Waals surface area contributed by atoms with Crippen molar-refractivity contribution in [1.29, 1.82) is 0 Å². The van der Waals surface area contributed by atoms with Crippen LogP contribution in [0.25, 0.3) is 5.69 Å². The number of aromatic nitrogens is 3. The van der Waals surface area contributed by atoms with Gasteiger partial charge in [-0.1, -0.05) is 48.5 Å². The number of benzene rings is 2. The summed E-state index contributed by atoms with van der Waals surface area (Å²) >= 11 is 0. The maximum atomic E-state index is 13.1. The lowest BCUT2D eigenvalue weighted by molar-refractivity contribution is 0.0331. The van der Waals surface area contributed by atoms with Crippen LogP contribution in [-0.4, -0.2) is 46.0 Å². The number of nitrogens with one attached hydrogen (secondary N) is 2. The average Bonchev–Trinajstić information content (AvgIpc) is 3.62. The fourth-order valence-electron chi connectivity index (χ4n) is 4.53. The molecule has 2 fully saturated rings. The molecule has 2 N–H and O–H groups in total. The summed E-state index contributed by atoms with van der Waals surface area (Å²) in [6.45, 7) is 4.03. The van der Waals surface area contributed by atoms with Gasteiger partial charge in [0.05, 0.1) is 5.69 Å². The zero-order valence-corrected chi connectivity index (χ0v) is 19.0. The number of hydrogen-bond acceptors (Lipinski definition) is 5. The molecule has 1 aliphatic heterocycles. The van der Waals surface area contributed by atoms with E-state index in [0.717, 1.165) is 37.2 Å². The van der Waals surface area contributed by atoms with Crippen LogP contribution in [-0.2, 0) is 4.74 Å². The number of nitrogens with zero attached hydrogens (tertiary/aromatic N) is 3. The van der Waals surface area contributed by atoms with Gasteiger partial charge in [0.1, 0.15) is 5.82 Å². The summed E-state index contributed by atoms with van der Waals surface area (Å²) in [6, 6.07) is 20.5. The maximum Gasteiger partial charge on any atom is 0.291 e. The summed E-state index contributed by atoms with van der Waals surface area (Å²) in [7, 11) is 0. The number of amides is 1. The van der Waals surface area contributed by atoms with Crippen LogP contribution in [0.15, 0.2) is 60.7 Å². The van der Waals surface area contributed by atoms with Crippen LogP contribution in [0.3, 0.4) is 0 Å². The molecule has 5 rings (SSSR count). The molecule has 1 unspecified atom stereocenters. The predicted octanol–water partition coefficient (Wildman–Crippen LogP) is 3.77. The lowest BCUT2D eigenvalue weighted by Crippen LogP contribution is -2.57. The van der Waals surface area contributed by atoms with E-state index in [4.69, 9.17) is 4.74 Å². The second-order valence-corrected chi connectivity index (χ2v) is 9.17. The molecular weight excluding hydrogens is 414 g/mol. The predicted molar refractivity (Wildman–Crippen MR) is 126 cm³/mol. The SMILES string of the molecule is CC(NC1(CNC(=O)c2nc(C3CC3)n(-c3ccccc3)n2)CCOCC1)c1ccccc1. The van der Waals surface area contributed by atoms with Gasteiger partial charge in [-0.05, 0) is 50.3 Å². The molecule has 1 saturated heterocycles. The quantitative estimate of drug-likeness (QED) is 0.552. The summed E-state index contributed by atoms with van der Waals surface area (Å²) in [6.07, 6.45) is 3.86. The Morgan fingerprint density at radius 1 is 1.09 bits per heavy atom. The molecular formula is C26H31N5O2. The summed E-state index contributed by atoms with van der Waals surface area (Å²) in [5.41, 5.74) is 1.93. The topological polar surface area (TPSA) is 81.1 Å². The van der Waals surface area contributed by atoms with Crippen molar-refractivity contribution in [2.45, 2.75) is 50.1 Å². The molecule has 33 heavy (non-hydrogen) atoms. The summed E-state index contributed by atoms with van der Waals surface area (Å²) in [5, 5.41) is 11.5. The molecule has 1 amide bonds. The van der Waals surface area contributed by atoms with Gasteiger partial charge >= 0.3 is 0 Å². The van der Waals surface area contributed by atoms with E-state index in [1.54, 1.807) is 0 Å². The molecule has 0 radical (unpaired) electrons. The van der Waals surface area contributed by atoms with Crippen LogP contribution in [0.1, 0.15) is 66.6 Å². The fourth-order valence-corrected chi connectivity index (χ4v) is 4.53. The van der Waals surface area contributed by atoms with Gasteiger partial charge in [-0.3, -0.25) is 4.79 Å². The molecule has 0 spiro atoms. The minimum atomic E-state index is -0.232. The molecule has 2 heterocycles. The van der Waals surface area contributed by atoms with E-state index in [1.807, 2.05) is 41.1 Å². The summed E-state index contributed by atoms with van der Waals surface area (Å²) < 4.78 is 7.45. The van der Waals surface area contributed by atoms with Crippen LogP contribution in [0.5, 0.6) is 0 Å². The van der Waals surface area contributed by atoms with E-state index in [-0.39, 0.29) is 23.3 Å². The van der Waals surface area contributed by atoms with Crippen LogP contribution >= 0.6 is 0 Å². The van der Waals surface area contributed by atoms with Gasteiger partial charge in [0.2, 0.25) is 5.82 Å². The fraction of sp³-hybridized carbons (Fsp3) is 0.423. The molecule has 172 valence electrons. The Hall–Kier alpha value is -3.03. The first-order valence-electron chi connectivity index (χ1n) is 11.8. The first kappa shape index (κ1) is 21.8. The highest BCUT2D eigenvalue weighted by Crippen LogP contribution is 2.39. The first-order valence-corrected chi connectivity index (χ1v) is 11.8. The van der Waals surface area contributed by atoms with Crippen molar-refractivity contribution in [1.82, 2.24) is 25.4 Å². The number of carbonyl (C=O) groups is 1.